The Bertz CT molecular complexity index is 302. The van der Waals surface area contributed by atoms with E-state index in [0.717, 1.165) is 0 Å². The zero-order valence-electron chi connectivity index (χ0n) is 7.30. The van der Waals surface area contributed by atoms with E-state index >= 15 is 0 Å². The number of nitrogens with one attached hydrogen (secondary N) is 2. The monoisotopic (exact) mass is 219 g/mol. The lowest BCUT2D eigenvalue weighted by Crippen LogP contribution is -2.35. The van der Waals surface area contributed by atoms with Crippen LogP contribution in [0.3, 0.4) is 0 Å². The second-order valence-electron chi connectivity index (χ2n) is 2.45. The molecule has 6 heteroatoms. The Hall–Kier alpha value is -0.810. The van der Waals surface area contributed by atoms with Crippen molar-refractivity contribution in [3.05, 3.63) is 10.5 Å². The molecular weight excluding hydrogens is 210 g/mol. The van der Waals surface area contributed by atoms with Crippen molar-refractivity contribution in [2.45, 2.75) is 13.0 Å². The number of anilines is 1. The lowest BCUT2D eigenvalue weighted by molar-refractivity contribution is -0.121. The van der Waals surface area contributed by atoms with Crippen molar-refractivity contribution in [1.82, 2.24) is 10.3 Å². The molecule has 0 fully saturated rings. The standard InChI is InChI=1S/C7H10ClN3OS/c1-4(6(12)9-2)11-7-10-3-5(8)13-7/h3-4H,1-2H3,(H,9,12)(H,10,11). The van der Waals surface area contributed by atoms with Gasteiger partial charge in [-0.15, -0.1) is 0 Å². The normalized spacial score (nSPS) is 12.2. The molecule has 1 amide bonds. The van der Waals surface area contributed by atoms with Crippen LogP contribution in [0.25, 0.3) is 0 Å². The molecule has 1 aromatic rings. The summed E-state index contributed by atoms with van der Waals surface area (Å²) in [6.07, 6.45) is 1.55. The van der Waals surface area contributed by atoms with E-state index in [1.54, 1.807) is 20.2 Å². The maximum atomic E-state index is 11.1. The van der Waals surface area contributed by atoms with Crippen LogP contribution in [0.1, 0.15) is 6.92 Å². The smallest absolute Gasteiger partial charge is 0.242 e. The van der Waals surface area contributed by atoms with Crippen molar-refractivity contribution in [2.75, 3.05) is 12.4 Å². The van der Waals surface area contributed by atoms with E-state index in [1.165, 1.54) is 11.3 Å². The summed E-state index contributed by atoms with van der Waals surface area (Å²) < 4.78 is 0.603. The molecule has 1 aromatic heterocycles. The Morgan fingerprint density at radius 1 is 1.77 bits per heavy atom. The Kier molecular flexibility index (Phi) is 3.50. The first kappa shape index (κ1) is 10.3. The number of hydrogen-bond donors (Lipinski definition) is 2. The van der Waals surface area contributed by atoms with Gasteiger partial charge >= 0.3 is 0 Å². The van der Waals surface area contributed by atoms with Gasteiger partial charge in [-0.1, -0.05) is 22.9 Å². The average Bonchev–Trinajstić information content (AvgIpc) is 2.49. The maximum absolute atomic E-state index is 11.1. The van der Waals surface area contributed by atoms with Crippen LogP contribution in [0.15, 0.2) is 6.20 Å². The molecule has 1 heterocycles. The fourth-order valence-corrected chi connectivity index (χ4v) is 1.69. The third-order valence-electron chi connectivity index (χ3n) is 1.46. The summed E-state index contributed by atoms with van der Waals surface area (Å²) in [5.41, 5.74) is 0. The maximum Gasteiger partial charge on any atom is 0.242 e. The van der Waals surface area contributed by atoms with Gasteiger partial charge in [0, 0.05) is 7.05 Å². The van der Waals surface area contributed by atoms with Gasteiger partial charge in [-0.25, -0.2) is 4.98 Å². The SMILES string of the molecule is CNC(=O)C(C)Nc1ncc(Cl)s1. The molecule has 4 nitrogen and oxygen atoms in total. The number of likely N-dealkylation sites (N-methyl/N-ethyl adjacent to an activating group) is 1. The van der Waals surface area contributed by atoms with Crippen molar-refractivity contribution in [1.29, 1.82) is 0 Å². The van der Waals surface area contributed by atoms with E-state index in [1.807, 2.05) is 0 Å². The number of amides is 1. The largest absolute Gasteiger partial charge is 0.357 e. The van der Waals surface area contributed by atoms with Crippen LogP contribution in [-0.4, -0.2) is 24.0 Å². The topological polar surface area (TPSA) is 54.0 Å². The van der Waals surface area contributed by atoms with E-state index in [0.29, 0.717) is 9.47 Å². The van der Waals surface area contributed by atoms with Crippen molar-refractivity contribution < 1.29 is 4.79 Å². The molecule has 0 aliphatic rings. The molecule has 1 unspecified atom stereocenters. The van der Waals surface area contributed by atoms with Gasteiger partial charge < -0.3 is 10.6 Å². The van der Waals surface area contributed by atoms with Crippen LogP contribution < -0.4 is 10.6 Å². The van der Waals surface area contributed by atoms with Crippen LogP contribution in [0, 0.1) is 0 Å². The van der Waals surface area contributed by atoms with E-state index in [9.17, 15) is 4.79 Å². The van der Waals surface area contributed by atoms with Crippen LogP contribution in [0.5, 0.6) is 0 Å². The molecule has 72 valence electrons. The summed E-state index contributed by atoms with van der Waals surface area (Å²) >= 11 is 6.98. The molecule has 0 aliphatic heterocycles. The summed E-state index contributed by atoms with van der Waals surface area (Å²) in [7, 11) is 1.59. The highest BCUT2D eigenvalue weighted by Gasteiger charge is 2.11. The van der Waals surface area contributed by atoms with Gasteiger partial charge in [-0.05, 0) is 6.92 Å². The van der Waals surface area contributed by atoms with Crippen LogP contribution in [0.4, 0.5) is 5.13 Å². The fraction of sp³-hybridized carbons (Fsp3) is 0.429. The summed E-state index contributed by atoms with van der Waals surface area (Å²) in [6, 6.07) is -0.299. The molecule has 1 rings (SSSR count). The first-order valence-corrected chi connectivity index (χ1v) is 4.92. The van der Waals surface area contributed by atoms with Gasteiger partial charge in [0.2, 0.25) is 5.91 Å². The number of carbonyl (C=O) groups is 1. The summed E-state index contributed by atoms with van der Waals surface area (Å²) in [4.78, 5) is 15.1. The highest BCUT2D eigenvalue weighted by atomic mass is 35.5. The van der Waals surface area contributed by atoms with Gasteiger partial charge in [0.25, 0.3) is 0 Å². The van der Waals surface area contributed by atoms with Crippen LogP contribution in [0.2, 0.25) is 4.34 Å². The number of halogens is 1. The predicted octanol–water partition coefficient (Wildman–Crippen LogP) is 1.34. The molecule has 13 heavy (non-hydrogen) atoms. The van der Waals surface area contributed by atoms with Gasteiger partial charge in [0.1, 0.15) is 10.4 Å². The van der Waals surface area contributed by atoms with E-state index in [4.69, 9.17) is 11.6 Å². The van der Waals surface area contributed by atoms with Gasteiger partial charge in [-0.2, -0.15) is 0 Å². The molecule has 1 atom stereocenters. The minimum atomic E-state index is -0.299. The number of thiazole rings is 1. The zero-order valence-corrected chi connectivity index (χ0v) is 8.87. The number of aromatic nitrogens is 1. The van der Waals surface area contributed by atoms with Crippen molar-refractivity contribution in [2.24, 2.45) is 0 Å². The third-order valence-corrected chi connectivity index (χ3v) is 2.50. The van der Waals surface area contributed by atoms with Crippen LogP contribution >= 0.6 is 22.9 Å². The molecule has 0 saturated heterocycles. The summed E-state index contributed by atoms with van der Waals surface area (Å²) in [5, 5.41) is 6.11. The predicted molar refractivity (Wildman–Crippen MR) is 54.3 cm³/mol. The number of carbonyl (C=O) groups excluding carboxylic acids is 1. The van der Waals surface area contributed by atoms with Crippen molar-refractivity contribution in [3.63, 3.8) is 0 Å². The Labute approximate surface area is 85.3 Å². The second-order valence-corrected chi connectivity index (χ2v) is 4.11. The lowest BCUT2D eigenvalue weighted by atomic mass is 10.3. The molecular formula is C7H10ClN3OS. The Morgan fingerprint density at radius 3 is 2.92 bits per heavy atom. The summed E-state index contributed by atoms with van der Waals surface area (Å²) in [5.74, 6) is -0.0775. The molecule has 2 N–H and O–H groups in total. The summed E-state index contributed by atoms with van der Waals surface area (Å²) in [6.45, 7) is 1.76. The first-order chi connectivity index (χ1) is 6.13. The van der Waals surface area contributed by atoms with E-state index in [-0.39, 0.29) is 11.9 Å². The molecule has 0 spiro atoms. The molecule has 0 bridgehead atoms. The van der Waals surface area contributed by atoms with Gasteiger partial charge in [0.05, 0.1) is 6.20 Å². The minimum Gasteiger partial charge on any atom is -0.357 e. The van der Waals surface area contributed by atoms with Gasteiger partial charge in [0.15, 0.2) is 5.13 Å². The lowest BCUT2D eigenvalue weighted by Gasteiger charge is -2.10. The first-order valence-electron chi connectivity index (χ1n) is 3.73. The Balaban J connectivity index is 2.54. The van der Waals surface area contributed by atoms with Crippen molar-refractivity contribution in [3.8, 4) is 0 Å². The van der Waals surface area contributed by atoms with E-state index in [2.05, 4.69) is 15.6 Å². The number of nitrogens with zero attached hydrogens (tertiary/aromatic N) is 1. The van der Waals surface area contributed by atoms with E-state index < -0.39 is 0 Å². The van der Waals surface area contributed by atoms with Gasteiger partial charge in [-0.3, -0.25) is 4.79 Å². The molecule has 0 aliphatic carbocycles. The molecule has 0 radical (unpaired) electrons. The van der Waals surface area contributed by atoms with Crippen molar-refractivity contribution >= 4 is 34.0 Å². The third kappa shape index (κ3) is 2.86. The fourth-order valence-electron chi connectivity index (χ4n) is 0.788. The Morgan fingerprint density at radius 2 is 2.46 bits per heavy atom. The molecule has 0 saturated carbocycles. The number of rotatable bonds is 3. The average molecular weight is 220 g/mol. The molecule has 0 aromatic carbocycles. The minimum absolute atomic E-state index is 0.0775. The highest BCUT2D eigenvalue weighted by molar-refractivity contribution is 7.19. The number of hydrogen-bond acceptors (Lipinski definition) is 4. The highest BCUT2D eigenvalue weighted by Crippen LogP contribution is 2.22. The quantitative estimate of drug-likeness (QED) is 0.807. The second kappa shape index (κ2) is 4.43. The zero-order chi connectivity index (χ0) is 9.84. The van der Waals surface area contributed by atoms with Crippen LogP contribution in [-0.2, 0) is 4.79 Å².